The van der Waals surface area contributed by atoms with Gasteiger partial charge < -0.3 is 20.1 Å². The molecule has 6 nitrogen and oxygen atoms in total. The van der Waals surface area contributed by atoms with Crippen molar-refractivity contribution in [2.45, 2.75) is 19.4 Å². The van der Waals surface area contributed by atoms with Gasteiger partial charge in [0.05, 0.1) is 24.9 Å². The van der Waals surface area contributed by atoms with Crippen molar-refractivity contribution in [3.8, 4) is 11.5 Å². The van der Waals surface area contributed by atoms with Crippen LogP contribution in [0.25, 0.3) is 0 Å². The Hall–Kier alpha value is -2.73. The average Bonchev–Trinajstić information content (AvgIpc) is 3.52. The van der Waals surface area contributed by atoms with Crippen LogP contribution >= 0.6 is 11.6 Å². The molecule has 0 aromatic heterocycles. The molecule has 1 aliphatic rings. The van der Waals surface area contributed by atoms with Gasteiger partial charge in [-0.25, -0.2) is 0 Å². The smallest absolute Gasteiger partial charge is 0.255 e. The Labute approximate surface area is 162 Å². The molecular weight excluding hydrogens is 368 g/mol. The number of nitrogens with one attached hydrogen (secondary N) is 2. The second-order valence-electron chi connectivity index (χ2n) is 6.33. The first-order valence-electron chi connectivity index (χ1n) is 8.61. The lowest BCUT2D eigenvalue weighted by Crippen LogP contribution is -2.24. The fourth-order valence-electron chi connectivity index (χ4n) is 2.61. The van der Waals surface area contributed by atoms with E-state index in [2.05, 4.69) is 10.6 Å². The van der Waals surface area contributed by atoms with Gasteiger partial charge in [0.1, 0.15) is 11.5 Å². The van der Waals surface area contributed by atoms with E-state index in [-0.39, 0.29) is 17.7 Å². The zero-order chi connectivity index (χ0) is 19.4. The summed E-state index contributed by atoms with van der Waals surface area (Å²) in [6.45, 7) is 0.458. The lowest BCUT2D eigenvalue weighted by atomic mass is 10.1. The molecule has 0 atom stereocenters. The first kappa shape index (κ1) is 19.0. The van der Waals surface area contributed by atoms with Crippen LogP contribution in [0.2, 0.25) is 5.02 Å². The van der Waals surface area contributed by atoms with Crippen molar-refractivity contribution in [3.63, 3.8) is 0 Å². The maximum Gasteiger partial charge on any atom is 0.255 e. The molecule has 1 aliphatic carbocycles. The Bertz CT molecular complexity index is 848. The first-order chi connectivity index (χ1) is 13.0. The van der Waals surface area contributed by atoms with Crippen LogP contribution < -0.4 is 20.1 Å². The number of hydrogen-bond acceptors (Lipinski definition) is 4. The minimum atomic E-state index is -0.286. The van der Waals surface area contributed by atoms with Gasteiger partial charge in [0.25, 0.3) is 5.91 Å². The molecule has 27 heavy (non-hydrogen) atoms. The fourth-order valence-corrected chi connectivity index (χ4v) is 2.84. The molecule has 0 saturated heterocycles. The molecule has 2 aromatic carbocycles. The lowest BCUT2D eigenvalue weighted by Gasteiger charge is -2.13. The molecule has 0 bridgehead atoms. The van der Waals surface area contributed by atoms with Gasteiger partial charge in [0.15, 0.2) is 0 Å². The number of carbonyl (C=O) groups excluding carboxylic acids is 2. The van der Waals surface area contributed by atoms with Crippen molar-refractivity contribution in [1.82, 2.24) is 5.32 Å². The molecule has 0 radical (unpaired) electrons. The molecule has 2 aromatic rings. The van der Waals surface area contributed by atoms with Gasteiger partial charge in [-0.15, -0.1) is 0 Å². The van der Waals surface area contributed by atoms with Gasteiger partial charge in [0, 0.05) is 30.2 Å². The van der Waals surface area contributed by atoms with Gasteiger partial charge in [-0.3, -0.25) is 9.59 Å². The summed E-state index contributed by atoms with van der Waals surface area (Å²) >= 11 is 6.08. The molecule has 2 N–H and O–H groups in total. The molecule has 142 valence electrons. The van der Waals surface area contributed by atoms with Crippen LogP contribution in [0.5, 0.6) is 11.5 Å². The monoisotopic (exact) mass is 388 g/mol. The number of rotatable bonds is 7. The fraction of sp³-hybridized carbons (Fsp3) is 0.300. The van der Waals surface area contributed by atoms with Gasteiger partial charge in [-0.1, -0.05) is 23.7 Å². The predicted octanol–water partition coefficient (Wildman–Crippen LogP) is 3.64. The minimum Gasteiger partial charge on any atom is -0.495 e. The maximum atomic E-state index is 12.5. The second-order valence-corrected chi connectivity index (χ2v) is 6.74. The summed E-state index contributed by atoms with van der Waals surface area (Å²) in [6, 6.07) is 10.3. The van der Waals surface area contributed by atoms with Crippen molar-refractivity contribution in [1.29, 1.82) is 0 Å². The highest BCUT2D eigenvalue weighted by Crippen LogP contribution is 2.36. The zero-order valence-electron chi connectivity index (χ0n) is 15.2. The van der Waals surface area contributed by atoms with E-state index in [1.54, 1.807) is 24.3 Å². The van der Waals surface area contributed by atoms with E-state index in [4.69, 9.17) is 21.1 Å². The standard InChI is InChI=1S/C20H21ClN2O4/c1-26-17-10-16(18(27-2)9-15(17)21)23-20(25)14-5-3-12(4-6-14)11-22-19(24)13-7-8-13/h3-6,9-10,13H,7-8,11H2,1-2H3,(H,22,24)(H,23,25). The third-order valence-electron chi connectivity index (χ3n) is 4.35. The van der Waals surface area contributed by atoms with Gasteiger partial charge in [-0.05, 0) is 30.5 Å². The van der Waals surface area contributed by atoms with E-state index in [0.717, 1.165) is 18.4 Å². The summed E-state index contributed by atoms with van der Waals surface area (Å²) in [4.78, 5) is 24.2. The summed E-state index contributed by atoms with van der Waals surface area (Å²) in [5.74, 6) is 0.872. The number of ether oxygens (including phenoxy) is 2. The third kappa shape index (κ3) is 4.71. The zero-order valence-corrected chi connectivity index (χ0v) is 15.9. The van der Waals surface area contributed by atoms with E-state index in [1.807, 2.05) is 12.1 Å². The van der Waals surface area contributed by atoms with Crippen LogP contribution in [0.1, 0.15) is 28.8 Å². The lowest BCUT2D eigenvalue weighted by molar-refractivity contribution is -0.122. The van der Waals surface area contributed by atoms with Crippen LogP contribution in [-0.2, 0) is 11.3 Å². The van der Waals surface area contributed by atoms with Crippen molar-refractivity contribution in [2.75, 3.05) is 19.5 Å². The van der Waals surface area contributed by atoms with Crippen molar-refractivity contribution < 1.29 is 19.1 Å². The number of benzene rings is 2. The minimum absolute atomic E-state index is 0.0978. The molecule has 0 spiro atoms. The van der Waals surface area contributed by atoms with Crippen molar-refractivity contribution in [3.05, 3.63) is 52.5 Å². The Morgan fingerprint density at radius 1 is 1.07 bits per heavy atom. The number of amides is 2. The SMILES string of the molecule is COc1cc(NC(=O)c2ccc(CNC(=O)C3CC3)cc2)c(OC)cc1Cl. The van der Waals surface area contributed by atoms with Gasteiger partial charge in [-0.2, -0.15) is 0 Å². The molecular formula is C20H21ClN2O4. The van der Waals surface area contributed by atoms with Gasteiger partial charge in [0.2, 0.25) is 5.91 Å². The number of carbonyl (C=O) groups is 2. The molecule has 3 rings (SSSR count). The molecule has 0 aliphatic heterocycles. The third-order valence-corrected chi connectivity index (χ3v) is 4.65. The van der Waals surface area contributed by atoms with E-state index in [9.17, 15) is 9.59 Å². The summed E-state index contributed by atoms with van der Waals surface area (Å²) in [6.07, 6.45) is 1.95. The van der Waals surface area contributed by atoms with Crippen LogP contribution in [0.15, 0.2) is 36.4 Å². The van der Waals surface area contributed by atoms with Gasteiger partial charge >= 0.3 is 0 Å². The van der Waals surface area contributed by atoms with Crippen molar-refractivity contribution >= 4 is 29.1 Å². The summed E-state index contributed by atoms with van der Waals surface area (Å²) in [5, 5.41) is 6.09. The number of hydrogen-bond donors (Lipinski definition) is 2. The van der Waals surface area contributed by atoms with E-state index in [0.29, 0.717) is 34.3 Å². The summed E-state index contributed by atoms with van der Waals surface area (Å²) < 4.78 is 10.4. The van der Waals surface area contributed by atoms with E-state index < -0.39 is 0 Å². The molecule has 1 fully saturated rings. The highest BCUT2D eigenvalue weighted by Gasteiger charge is 2.29. The maximum absolute atomic E-state index is 12.5. The summed E-state index contributed by atoms with van der Waals surface area (Å²) in [7, 11) is 3.00. The Morgan fingerprint density at radius 2 is 1.74 bits per heavy atom. The van der Waals surface area contributed by atoms with E-state index in [1.165, 1.54) is 14.2 Å². The Kier molecular flexibility index (Phi) is 5.86. The predicted molar refractivity (Wildman–Crippen MR) is 104 cm³/mol. The molecule has 7 heteroatoms. The van der Waals surface area contributed by atoms with Crippen LogP contribution in [0.3, 0.4) is 0 Å². The topological polar surface area (TPSA) is 76.7 Å². The molecule has 2 amide bonds. The molecule has 1 saturated carbocycles. The van der Waals surface area contributed by atoms with Crippen molar-refractivity contribution in [2.24, 2.45) is 5.92 Å². The number of methoxy groups -OCH3 is 2. The Balaban J connectivity index is 1.66. The highest BCUT2D eigenvalue weighted by atomic mass is 35.5. The first-order valence-corrected chi connectivity index (χ1v) is 8.99. The van der Waals surface area contributed by atoms with Crippen LogP contribution in [-0.4, -0.2) is 26.0 Å². The quantitative estimate of drug-likeness (QED) is 0.759. The summed E-state index contributed by atoms with van der Waals surface area (Å²) in [5.41, 5.74) is 1.89. The second kappa shape index (κ2) is 8.31. The number of anilines is 1. The normalized spacial score (nSPS) is 13.0. The number of halogens is 1. The highest BCUT2D eigenvalue weighted by molar-refractivity contribution is 6.32. The molecule has 0 heterocycles. The van der Waals surface area contributed by atoms with E-state index >= 15 is 0 Å². The largest absolute Gasteiger partial charge is 0.495 e. The Morgan fingerprint density at radius 3 is 2.33 bits per heavy atom. The van der Waals surface area contributed by atoms with Crippen LogP contribution in [0, 0.1) is 5.92 Å². The molecule has 0 unspecified atom stereocenters. The van der Waals surface area contributed by atoms with Crippen LogP contribution in [0.4, 0.5) is 5.69 Å². The average molecular weight is 389 g/mol.